The van der Waals surface area contributed by atoms with E-state index in [4.69, 9.17) is 10.7 Å². The van der Waals surface area contributed by atoms with E-state index in [9.17, 15) is 0 Å². The topological polar surface area (TPSA) is 45.4 Å². The summed E-state index contributed by atoms with van der Waals surface area (Å²) in [5.74, 6) is 0. The molecule has 0 unspecified atom stereocenters. The molecule has 0 bridgehead atoms. The zero-order chi connectivity index (χ0) is 15.1. The molecule has 0 radical (unpaired) electrons. The largest absolute Gasteiger partial charge is 0.345 e. The van der Waals surface area contributed by atoms with Gasteiger partial charge in [0, 0.05) is 42.0 Å². The molecule has 0 amide bonds. The lowest BCUT2D eigenvalue weighted by Crippen LogP contribution is -2.57. The predicted octanol–water partition coefficient (Wildman–Crippen LogP) is 2.43. The van der Waals surface area contributed by atoms with Gasteiger partial charge in [-0.05, 0) is 20.9 Å². The van der Waals surface area contributed by atoms with Crippen molar-refractivity contribution < 1.29 is 0 Å². The molecule has 1 aliphatic rings. The van der Waals surface area contributed by atoms with Crippen LogP contribution >= 0.6 is 11.3 Å². The van der Waals surface area contributed by atoms with Gasteiger partial charge < -0.3 is 10.6 Å². The number of hydrogen-bond donors (Lipinski definition) is 1. The van der Waals surface area contributed by atoms with Crippen LogP contribution in [0.5, 0.6) is 0 Å². The Morgan fingerprint density at radius 1 is 1.30 bits per heavy atom. The Hall–Kier alpha value is -0.650. The average molecular weight is 296 g/mol. The maximum atomic E-state index is 5.91. The molecule has 5 heteroatoms. The lowest BCUT2D eigenvalue weighted by Gasteiger charge is -2.45. The summed E-state index contributed by atoms with van der Waals surface area (Å²) < 4.78 is 0. The van der Waals surface area contributed by atoms with Gasteiger partial charge in [0.1, 0.15) is 0 Å². The Morgan fingerprint density at radius 3 is 2.40 bits per heavy atom. The molecule has 1 saturated heterocycles. The molecular weight excluding hydrogens is 268 g/mol. The number of likely N-dealkylation sites (N-methyl/N-ethyl adjacent to an activating group) is 1. The van der Waals surface area contributed by atoms with Crippen LogP contribution in [-0.2, 0) is 12.0 Å². The number of rotatable bonds is 2. The van der Waals surface area contributed by atoms with Crippen molar-refractivity contribution in [1.29, 1.82) is 0 Å². The second-order valence-electron chi connectivity index (χ2n) is 7.38. The second-order valence-corrected chi connectivity index (χ2v) is 8.44. The number of hydrogen-bond acceptors (Lipinski definition) is 5. The van der Waals surface area contributed by atoms with Gasteiger partial charge in [-0.2, -0.15) is 0 Å². The number of anilines is 1. The summed E-state index contributed by atoms with van der Waals surface area (Å²) in [7, 11) is 2.20. The third kappa shape index (κ3) is 3.00. The zero-order valence-corrected chi connectivity index (χ0v) is 14.5. The first kappa shape index (κ1) is 15.7. The Bertz CT molecular complexity index is 473. The normalized spacial score (nSPS) is 20.4. The van der Waals surface area contributed by atoms with Crippen LogP contribution in [0.15, 0.2) is 0 Å². The van der Waals surface area contributed by atoms with Crippen LogP contribution in [0.3, 0.4) is 0 Å². The number of aromatic nitrogens is 1. The molecular formula is C15H28N4S. The van der Waals surface area contributed by atoms with Crippen molar-refractivity contribution in [2.45, 2.75) is 52.1 Å². The minimum absolute atomic E-state index is 0.0611. The smallest absolute Gasteiger partial charge is 0.185 e. The first-order valence-corrected chi connectivity index (χ1v) is 8.13. The quantitative estimate of drug-likeness (QED) is 0.910. The Labute approximate surface area is 127 Å². The highest BCUT2D eigenvalue weighted by Gasteiger charge is 2.33. The summed E-state index contributed by atoms with van der Waals surface area (Å²) in [5.41, 5.74) is 7.32. The number of nitrogens with two attached hydrogens (primary N) is 1. The maximum absolute atomic E-state index is 5.91. The van der Waals surface area contributed by atoms with Crippen LogP contribution in [0, 0.1) is 0 Å². The molecule has 4 nitrogen and oxygen atoms in total. The van der Waals surface area contributed by atoms with E-state index < -0.39 is 0 Å². The van der Waals surface area contributed by atoms with E-state index in [2.05, 4.69) is 51.5 Å². The first-order valence-electron chi connectivity index (χ1n) is 7.31. The molecule has 2 rings (SSSR count). The van der Waals surface area contributed by atoms with E-state index >= 15 is 0 Å². The summed E-state index contributed by atoms with van der Waals surface area (Å²) in [5, 5.41) is 1.14. The van der Waals surface area contributed by atoms with Crippen molar-refractivity contribution in [1.82, 2.24) is 9.88 Å². The molecule has 1 aromatic heterocycles. The number of nitrogens with zero attached hydrogens (tertiary/aromatic N) is 3. The molecule has 1 fully saturated rings. The van der Waals surface area contributed by atoms with Gasteiger partial charge in [-0.25, -0.2) is 4.98 Å². The van der Waals surface area contributed by atoms with E-state index in [0.29, 0.717) is 6.54 Å². The fourth-order valence-corrected chi connectivity index (χ4v) is 3.78. The lowest BCUT2D eigenvalue weighted by molar-refractivity contribution is 0.139. The van der Waals surface area contributed by atoms with E-state index in [1.54, 1.807) is 11.3 Å². The summed E-state index contributed by atoms with van der Waals surface area (Å²) in [6.45, 7) is 14.9. The van der Waals surface area contributed by atoms with Crippen LogP contribution in [-0.4, -0.2) is 42.1 Å². The van der Waals surface area contributed by atoms with Crippen LogP contribution in [0.25, 0.3) is 0 Å². The van der Waals surface area contributed by atoms with E-state index in [0.717, 1.165) is 30.5 Å². The molecule has 0 saturated carbocycles. The fourth-order valence-electron chi connectivity index (χ4n) is 2.60. The van der Waals surface area contributed by atoms with Crippen LogP contribution in [0.1, 0.15) is 45.2 Å². The van der Waals surface area contributed by atoms with Crippen LogP contribution < -0.4 is 10.6 Å². The van der Waals surface area contributed by atoms with Gasteiger partial charge in [-0.15, -0.1) is 11.3 Å². The fraction of sp³-hybridized carbons (Fsp3) is 0.800. The van der Waals surface area contributed by atoms with Crippen molar-refractivity contribution in [3.8, 4) is 0 Å². The van der Waals surface area contributed by atoms with Gasteiger partial charge >= 0.3 is 0 Å². The summed E-state index contributed by atoms with van der Waals surface area (Å²) in [6.07, 6.45) is 0. The SMILES string of the molecule is CN1CCN(c2nc(C(C)(C)C)c(CN)s2)CC1(C)C. The second kappa shape index (κ2) is 5.28. The van der Waals surface area contributed by atoms with Crippen molar-refractivity contribution in [3.63, 3.8) is 0 Å². The summed E-state index contributed by atoms with van der Waals surface area (Å²) in [6, 6.07) is 0. The Morgan fingerprint density at radius 2 is 1.95 bits per heavy atom. The summed E-state index contributed by atoms with van der Waals surface area (Å²) in [4.78, 5) is 11.0. The number of piperazine rings is 1. The molecule has 0 atom stereocenters. The molecule has 0 aliphatic carbocycles. The minimum atomic E-state index is 0.0611. The molecule has 2 N–H and O–H groups in total. The highest BCUT2D eigenvalue weighted by atomic mass is 32.1. The predicted molar refractivity (Wildman–Crippen MR) is 87.6 cm³/mol. The van der Waals surface area contributed by atoms with Gasteiger partial charge in [0.15, 0.2) is 5.13 Å². The third-order valence-electron chi connectivity index (χ3n) is 4.17. The monoisotopic (exact) mass is 296 g/mol. The molecule has 114 valence electrons. The van der Waals surface area contributed by atoms with Gasteiger partial charge in [-0.1, -0.05) is 20.8 Å². The van der Waals surface area contributed by atoms with Crippen molar-refractivity contribution >= 4 is 16.5 Å². The standard InChI is InChI=1S/C15H28N4S/c1-14(2,3)12-11(9-16)20-13(17-12)19-8-7-18(6)15(4,5)10-19/h7-10,16H2,1-6H3. The van der Waals surface area contributed by atoms with Crippen LogP contribution in [0.4, 0.5) is 5.13 Å². The van der Waals surface area contributed by atoms with Gasteiger partial charge in [0.05, 0.1) is 5.69 Å². The molecule has 0 spiro atoms. The van der Waals surface area contributed by atoms with Gasteiger partial charge in [0.25, 0.3) is 0 Å². The maximum Gasteiger partial charge on any atom is 0.185 e. The molecule has 20 heavy (non-hydrogen) atoms. The molecule has 1 aliphatic heterocycles. The molecule has 2 heterocycles. The molecule has 1 aromatic rings. The van der Waals surface area contributed by atoms with Gasteiger partial charge in [-0.3, -0.25) is 4.90 Å². The average Bonchev–Trinajstić information content (AvgIpc) is 2.76. The van der Waals surface area contributed by atoms with E-state index in [-0.39, 0.29) is 11.0 Å². The minimum Gasteiger partial charge on any atom is -0.345 e. The van der Waals surface area contributed by atoms with Crippen molar-refractivity contribution in [2.75, 3.05) is 31.6 Å². The zero-order valence-electron chi connectivity index (χ0n) is 13.7. The summed E-state index contributed by atoms with van der Waals surface area (Å²) >= 11 is 1.77. The Balaban J connectivity index is 2.28. The lowest BCUT2D eigenvalue weighted by atomic mass is 9.91. The van der Waals surface area contributed by atoms with E-state index in [1.807, 2.05) is 0 Å². The third-order valence-corrected chi connectivity index (χ3v) is 5.31. The first-order chi connectivity index (χ1) is 9.15. The Kier molecular flexibility index (Phi) is 4.15. The van der Waals surface area contributed by atoms with E-state index in [1.165, 1.54) is 4.88 Å². The van der Waals surface area contributed by atoms with Crippen LogP contribution in [0.2, 0.25) is 0 Å². The van der Waals surface area contributed by atoms with Crippen molar-refractivity contribution in [3.05, 3.63) is 10.6 Å². The van der Waals surface area contributed by atoms with Crippen molar-refractivity contribution in [2.24, 2.45) is 5.73 Å². The van der Waals surface area contributed by atoms with Gasteiger partial charge in [0.2, 0.25) is 0 Å². The molecule has 0 aromatic carbocycles. The number of thiazole rings is 1. The highest BCUT2D eigenvalue weighted by molar-refractivity contribution is 7.15. The highest BCUT2D eigenvalue weighted by Crippen LogP contribution is 2.35.